The first-order chi connectivity index (χ1) is 14.6. The molecule has 8 nitrogen and oxygen atoms in total. The van der Waals surface area contributed by atoms with Gasteiger partial charge in [0.05, 0.1) is 39.9 Å². The van der Waals surface area contributed by atoms with Crippen LogP contribution in [0.3, 0.4) is 0 Å². The Bertz CT molecular complexity index is 1000. The van der Waals surface area contributed by atoms with Crippen LogP contribution in [0.25, 0.3) is 10.6 Å². The van der Waals surface area contributed by atoms with Gasteiger partial charge in [-0.1, -0.05) is 23.1 Å². The number of carbonyl (C=O) groups excluding carboxylic acids is 1. The van der Waals surface area contributed by atoms with Gasteiger partial charge >= 0.3 is 0 Å². The fourth-order valence-electron chi connectivity index (χ4n) is 2.54. The van der Waals surface area contributed by atoms with Crippen molar-refractivity contribution in [2.45, 2.75) is 4.34 Å². The maximum absolute atomic E-state index is 12.4. The summed E-state index contributed by atoms with van der Waals surface area (Å²) < 4.78 is 21.7. The number of rotatable bonds is 9. The number of carbonyl (C=O) groups is 1. The Morgan fingerprint density at radius 3 is 2.27 bits per heavy atom. The van der Waals surface area contributed by atoms with E-state index >= 15 is 0 Å². The summed E-state index contributed by atoms with van der Waals surface area (Å²) in [7, 11) is 6.29. The van der Waals surface area contributed by atoms with Crippen molar-refractivity contribution in [2.75, 3.05) is 39.5 Å². The molecule has 10 heteroatoms. The molecule has 0 radical (unpaired) electrons. The molecule has 30 heavy (non-hydrogen) atoms. The second-order valence-electron chi connectivity index (χ2n) is 5.88. The smallest absolute Gasteiger partial charge is 0.234 e. The van der Waals surface area contributed by atoms with Gasteiger partial charge in [-0.2, -0.15) is 0 Å². The molecule has 1 aromatic heterocycles. The summed E-state index contributed by atoms with van der Waals surface area (Å²) in [5, 5.41) is 11.9. The minimum atomic E-state index is -0.189. The predicted octanol–water partition coefficient (Wildman–Crippen LogP) is 3.97. The van der Waals surface area contributed by atoms with E-state index in [1.54, 1.807) is 52.7 Å². The monoisotopic (exact) mass is 447 g/mol. The second-order valence-corrected chi connectivity index (χ2v) is 8.08. The van der Waals surface area contributed by atoms with Crippen LogP contribution in [0.5, 0.6) is 23.0 Å². The van der Waals surface area contributed by atoms with Gasteiger partial charge in [0.2, 0.25) is 5.91 Å². The van der Waals surface area contributed by atoms with Crippen molar-refractivity contribution in [1.29, 1.82) is 0 Å². The van der Waals surface area contributed by atoms with Crippen molar-refractivity contribution in [2.24, 2.45) is 0 Å². The van der Waals surface area contributed by atoms with E-state index < -0.39 is 0 Å². The molecule has 0 aliphatic heterocycles. The van der Waals surface area contributed by atoms with E-state index in [9.17, 15) is 4.79 Å². The van der Waals surface area contributed by atoms with Crippen molar-refractivity contribution in [1.82, 2.24) is 10.2 Å². The van der Waals surface area contributed by atoms with Gasteiger partial charge in [0.15, 0.2) is 4.34 Å². The van der Waals surface area contributed by atoms with Gasteiger partial charge in [-0.15, -0.1) is 10.2 Å². The van der Waals surface area contributed by atoms with Crippen molar-refractivity contribution in [3.05, 3.63) is 36.4 Å². The van der Waals surface area contributed by atoms with Crippen molar-refractivity contribution in [3.63, 3.8) is 0 Å². The highest BCUT2D eigenvalue weighted by Crippen LogP contribution is 2.34. The molecule has 0 aliphatic carbocycles. The number of hydrogen-bond donors (Lipinski definition) is 1. The zero-order valence-electron chi connectivity index (χ0n) is 16.9. The highest BCUT2D eigenvalue weighted by atomic mass is 32.2. The largest absolute Gasteiger partial charge is 0.497 e. The number of methoxy groups -OCH3 is 4. The van der Waals surface area contributed by atoms with Gasteiger partial charge in [-0.3, -0.25) is 4.79 Å². The Morgan fingerprint density at radius 2 is 1.63 bits per heavy atom. The lowest BCUT2D eigenvalue weighted by Crippen LogP contribution is -2.14. The number of aromatic nitrogens is 2. The summed E-state index contributed by atoms with van der Waals surface area (Å²) in [5.74, 6) is 2.50. The maximum atomic E-state index is 12.4. The van der Waals surface area contributed by atoms with Crippen LogP contribution in [0, 0.1) is 0 Å². The molecular formula is C20H21N3O5S2. The lowest BCUT2D eigenvalue weighted by atomic mass is 10.2. The number of thioether (sulfide) groups is 1. The zero-order chi connectivity index (χ0) is 21.5. The molecule has 0 bridgehead atoms. The van der Waals surface area contributed by atoms with Gasteiger partial charge in [0.1, 0.15) is 28.0 Å². The summed E-state index contributed by atoms with van der Waals surface area (Å²) in [4.78, 5) is 12.4. The minimum absolute atomic E-state index is 0.177. The first kappa shape index (κ1) is 21.7. The van der Waals surface area contributed by atoms with Crippen LogP contribution in [-0.4, -0.2) is 50.3 Å². The molecular weight excluding hydrogens is 426 g/mol. The lowest BCUT2D eigenvalue weighted by Gasteiger charge is -2.11. The average molecular weight is 448 g/mol. The molecule has 0 saturated carbocycles. The number of nitrogens with one attached hydrogen (secondary N) is 1. The molecule has 3 rings (SSSR count). The van der Waals surface area contributed by atoms with Gasteiger partial charge in [-0.05, 0) is 24.3 Å². The third-order valence-corrected chi connectivity index (χ3v) is 6.12. The lowest BCUT2D eigenvalue weighted by molar-refractivity contribution is -0.113. The number of hydrogen-bond acceptors (Lipinski definition) is 9. The van der Waals surface area contributed by atoms with E-state index in [4.69, 9.17) is 18.9 Å². The van der Waals surface area contributed by atoms with Crippen molar-refractivity contribution in [3.8, 4) is 33.6 Å². The number of amides is 1. The number of ether oxygens (including phenoxy) is 4. The van der Waals surface area contributed by atoms with E-state index in [-0.39, 0.29) is 11.7 Å². The maximum Gasteiger partial charge on any atom is 0.234 e. The number of anilines is 1. The predicted molar refractivity (Wildman–Crippen MR) is 117 cm³/mol. The molecule has 0 aliphatic rings. The standard InChI is InChI=1S/C20H21N3O5S2/c1-25-13-5-6-17(28-4)16(10-13)21-18(24)11-29-20-23-22-19(30-20)12-7-14(26-2)9-15(8-12)27-3/h5-10H,11H2,1-4H3,(H,21,24). The molecule has 1 N–H and O–H groups in total. The second kappa shape index (κ2) is 10.2. The van der Waals surface area contributed by atoms with E-state index in [2.05, 4.69) is 15.5 Å². The topological polar surface area (TPSA) is 91.8 Å². The molecule has 158 valence electrons. The summed E-state index contributed by atoms with van der Waals surface area (Å²) in [6, 6.07) is 10.7. The summed E-state index contributed by atoms with van der Waals surface area (Å²) in [6.07, 6.45) is 0. The third-order valence-electron chi connectivity index (χ3n) is 4.01. The highest BCUT2D eigenvalue weighted by molar-refractivity contribution is 8.01. The zero-order valence-corrected chi connectivity index (χ0v) is 18.6. The molecule has 0 spiro atoms. The summed E-state index contributed by atoms with van der Waals surface area (Å²) in [6.45, 7) is 0. The molecule has 1 amide bonds. The van der Waals surface area contributed by atoms with Crippen LogP contribution < -0.4 is 24.3 Å². The SMILES string of the molecule is COc1cc(OC)cc(-c2nnc(SCC(=O)Nc3cc(OC)ccc3OC)s2)c1. The molecule has 0 fully saturated rings. The van der Waals surface area contributed by atoms with E-state index in [1.807, 2.05) is 12.1 Å². The van der Waals surface area contributed by atoms with Crippen LogP contribution in [0.4, 0.5) is 5.69 Å². The van der Waals surface area contributed by atoms with Crippen LogP contribution >= 0.6 is 23.1 Å². The first-order valence-electron chi connectivity index (χ1n) is 8.78. The Hall–Kier alpha value is -2.98. The van der Waals surface area contributed by atoms with Gasteiger partial charge < -0.3 is 24.3 Å². The van der Waals surface area contributed by atoms with E-state index in [0.717, 1.165) is 5.56 Å². The van der Waals surface area contributed by atoms with Crippen molar-refractivity contribution >= 4 is 34.7 Å². The Kier molecular flexibility index (Phi) is 7.36. The third kappa shape index (κ3) is 5.33. The Balaban J connectivity index is 1.65. The molecule has 1 heterocycles. The van der Waals surface area contributed by atoms with Gasteiger partial charge in [0.25, 0.3) is 0 Å². The summed E-state index contributed by atoms with van der Waals surface area (Å²) in [5.41, 5.74) is 1.38. The van der Waals surface area contributed by atoms with Crippen LogP contribution in [0.15, 0.2) is 40.7 Å². The summed E-state index contributed by atoms with van der Waals surface area (Å²) >= 11 is 2.70. The average Bonchev–Trinajstić information content (AvgIpc) is 3.26. The minimum Gasteiger partial charge on any atom is -0.497 e. The van der Waals surface area contributed by atoms with Gasteiger partial charge in [-0.25, -0.2) is 0 Å². The first-order valence-corrected chi connectivity index (χ1v) is 10.6. The number of nitrogens with zero attached hydrogens (tertiary/aromatic N) is 2. The van der Waals surface area contributed by atoms with Crippen LogP contribution in [0.1, 0.15) is 0 Å². The van der Waals surface area contributed by atoms with Crippen LogP contribution in [-0.2, 0) is 4.79 Å². The van der Waals surface area contributed by atoms with E-state index in [1.165, 1.54) is 23.1 Å². The Morgan fingerprint density at radius 1 is 0.933 bits per heavy atom. The number of benzene rings is 2. The molecule has 2 aromatic carbocycles. The Labute approximate surface area is 182 Å². The quantitative estimate of drug-likeness (QED) is 0.493. The fourth-order valence-corrected chi connectivity index (χ4v) is 4.18. The molecule has 3 aromatic rings. The normalized spacial score (nSPS) is 10.4. The highest BCUT2D eigenvalue weighted by Gasteiger charge is 2.13. The van der Waals surface area contributed by atoms with E-state index in [0.29, 0.717) is 38.0 Å². The van der Waals surface area contributed by atoms with Crippen molar-refractivity contribution < 1.29 is 23.7 Å². The van der Waals surface area contributed by atoms with Gasteiger partial charge in [0, 0.05) is 17.7 Å². The molecule has 0 saturated heterocycles. The molecule has 0 atom stereocenters. The molecule has 0 unspecified atom stereocenters. The fraction of sp³-hybridized carbons (Fsp3) is 0.250. The van der Waals surface area contributed by atoms with Crippen LogP contribution in [0.2, 0.25) is 0 Å².